The van der Waals surface area contributed by atoms with Crippen LogP contribution in [0.1, 0.15) is 97.3 Å². The highest BCUT2D eigenvalue weighted by atomic mass is 31.2. The van der Waals surface area contributed by atoms with Gasteiger partial charge >= 0.3 is 7.82 Å². The van der Waals surface area contributed by atoms with Gasteiger partial charge in [0, 0.05) is 5.56 Å². The minimum absolute atomic E-state index is 0.109. The summed E-state index contributed by atoms with van der Waals surface area (Å²) in [5.74, 6) is 1.22. The lowest BCUT2D eigenvalue weighted by Gasteiger charge is -2.37. The average Bonchev–Trinajstić information content (AvgIpc) is 2.76. The molecule has 0 radical (unpaired) electrons. The van der Waals surface area contributed by atoms with E-state index in [9.17, 15) is 4.57 Å². The second-order valence-corrected chi connectivity index (χ2v) is 12.2. The van der Waals surface area contributed by atoms with Crippen LogP contribution in [0.5, 0.6) is 11.5 Å². The molecule has 0 aliphatic carbocycles. The van der Waals surface area contributed by atoms with Gasteiger partial charge in [-0.15, -0.1) is 0 Å². The molecule has 0 N–H and O–H groups in total. The van der Waals surface area contributed by atoms with Gasteiger partial charge in [-0.05, 0) is 69.7 Å². The van der Waals surface area contributed by atoms with E-state index in [2.05, 4.69) is 65.8 Å². The number of aryl methyl sites for hydroxylation is 1. The average molecular weight is 503 g/mol. The van der Waals surface area contributed by atoms with Gasteiger partial charge in [0.1, 0.15) is 17.1 Å². The zero-order valence-electron chi connectivity index (χ0n) is 22.8. The molecule has 0 atom stereocenters. The molecule has 2 aromatic carbocycles. The van der Waals surface area contributed by atoms with Crippen LogP contribution in [0.4, 0.5) is 0 Å². The highest BCUT2D eigenvalue weighted by molar-refractivity contribution is 7.48. The molecule has 0 saturated carbocycles. The molecule has 0 fully saturated rings. The first kappa shape index (κ1) is 27.8. The summed E-state index contributed by atoms with van der Waals surface area (Å²) in [5.41, 5.74) is 4.50. The highest BCUT2D eigenvalue weighted by Gasteiger charge is 2.38. The molecule has 5 nitrogen and oxygen atoms in total. The fourth-order valence-corrected chi connectivity index (χ4v) is 5.98. The van der Waals surface area contributed by atoms with Crippen molar-refractivity contribution in [3.8, 4) is 22.6 Å². The van der Waals surface area contributed by atoms with E-state index in [4.69, 9.17) is 18.3 Å². The molecule has 2 aromatic rings. The first-order valence-electron chi connectivity index (χ1n) is 13.0. The Morgan fingerprint density at radius 1 is 0.971 bits per heavy atom. The Balaban J connectivity index is 2.18. The van der Waals surface area contributed by atoms with Gasteiger partial charge in [0.25, 0.3) is 0 Å². The summed E-state index contributed by atoms with van der Waals surface area (Å²) in [6.07, 6.45) is 5.86. The number of benzene rings is 2. The van der Waals surface area contributed by atoms with Gasteiger partial charge in [-0.1, -0.05) is 70.2 Å². The van der Waals surface area contributed by atoms with Gasteiger partial charge in [-0.25, -0.2) is 4.57 Å². The summed E-state index contributed by atoms with van der Waals surface area (Å²) in [4.78, 5) is 0. The first-order chi connectivity index (χ1) is 16.5. The molecule has 1 aliphatic rings. The maximum absolute atomic E-state index is 13.5. The van der Waals surface area contributed by atoms with Crippen LogP contribution in [0.15, 0.2) is 30.3 Å². The Kier molecular flexibility index (Phi) is 8.78. The zero-order valence-corrected chi connectivity index (χ0v) is 23.7. The van der Waals surface area contributed by atoms with Gasteiger partial charge in [0.05, 0.1) is 18.8 Å². The zero-order chi connectivity index (χ0) is 25.9. The van der Waals surface area contributed by atoms with E-state index < -0.39 is 13.4 Å². The molecule has 6 heteroatoms. The predicted octanol–water partition coefficient (Wildman–Crippen LogP) is 9.10. The topological polar surface area (TPSA) is 54.0 Å². The largest absolute Gasteiger partial charge is 0.530 e. The standard InChI is InChI=1S/C29H43O5P/c1-9-12-13-14-17-28(5,6)22-19-25-27(26(20-22)34-35(30,31-10-2)32-11-3)23-18-21(4)15-16-24(23)29(7,8)33-25/h15-16,18-20H,9-14,17H2,1-8H3. The molecular formula is C29H43O5P. The molecule has 0 aromatic heterocycles. The van der Waals surface area contributed by atoms with E-state index in [-0.39, 0.29) is 18.6 Å². The van der Waals surface area contributed by atoms with Crippen LogP contribution >= 0.6 is 7.82 Å². The number of phosphoric acid groups is 1. The summed E-state index contributed by atoms with van der Waals surface area (Å²) in [7, 11) is -3.80. The number of unbranched alkanes of at least 4 members (excludes halogenated alkanes) is 3. The fraction of sp³-hybridized carbons (Fsp3) is 0.586. The summed E-state index contributed by atoms with van der Waals surface area (Å²) in [5, 5.41) is 0. The Morgan fingerprint density at radius 2 is 1.66 bits per heavy atom. The van der Waals surface area contributed by atoms with Crippen LogP contribution in [-0.2, 0) is 24.6 Å². The second kappa shape index (κ2) is 11.1. The van der Waals surface area contributed by atoms with Crippen LogP contribution in [0.2, 0.25) is 0 Å². The van der Waals surface area contributed by atoms with Crippen molar-refractivity contribution in [1.82, 2.24) is 0 Å². The van der Waals surface area contributed by atoms with Crippen molar-refractivity contribution in [3.63, 3.8) is 0 Å². The van der Waals surface area contributed by atoms with E-state index in [1.165, 1.54) is 19.3 Å². The molecule has 1 heterocycles. The van der Waals surface area contributed by atoms with Crippen LogP contribution in [0.25, 0.3) is 11.1 Å². The number of rotatable bonds is 12. The van der Waals surface area contributed by atoms with E-state index in [1.54, 1.807) is 13.8 Å². The Labute approximate surface area is 212 Å². The number of phosphoric ester groups is 1. The minimum Gasteiger partial charge on any atom is -0.482 e. The van der Waals surface area contributed by atoms with Crippen LogP contribution < -0.4 is 9.26 Å². The van der Waals surface area contributed by atoms with Crippen LogP contribution in [0.3, 0.4) is 0 Å². The lowest BCUT2D eigenvalue weighted by atomic mass is 9.78. The first-order valence-corrected chi connectivity index (χ1v) is 14.5. The molecule has 1 aliphatic heterocycles. The third kappa shape index (κ3) is 6.31. The van der Waals surface area contributed by atoms with Crippen molar-refractivity contribution in [1.29, 1.82) is 0 Å². The molecule has 0 unspecified atom stereocenters. The molecule has 194 valence electrons. The minimum atomic E-state index is -3.80. The van der Waals surface area contributed by atoms with Gasteiger partial charge in [-0.3, -0.25) is 9.05 Å². The Hall–Kier alpha value is -1.81. The van der Waals surface area contributed by atoms with Crippen molar-refractivity contribution in [2.75, 3.05) is 13.2 Å². The Bertz CT molecular complexity index is 1060. The van der Waals surface area contributed by atoms with Crippen molar-refractivity contribution < 1.29 is 22.9 Å². The molecule has 0 saturated heterocycles. The van der Waals surface area contributed by atoms with E-state index in [0.29, 0.717) is 5.75 Å². The van der Waals surface area contributed by atoms with Crippen LogP contribution in [0, 0.1) is 6.92 Å². The van der Waals surface area contributed by atoms with Gasteiger partial charge in [0.15, 0.2) is 0 Å². The summed E-state index contributed by atoms with van der Waals surface area (Å²) < 4.78 is 37.2. The summed E-state index contributed by atoms with van der Waals surface area (Å²) >= 11 is 0. The highest BCUT2D eigenvalue weighted by Crippen LogP contribution is 2.57. The van der Waals surface area contributed by atoms with E-state index in [0.717, 1.165) is 46.4 Å². The summed E-state index contributed by atoms with van der Waals surface area (Å²) in [6.45, 7) is 17.0. The number of hydrogen-bond donors (Lipinski definition) is 0. The normalized spacial score (nSPS) is 14.7. The SMILES string of the molecule is CCCCCCC(C)(C)c1cc2c(c(OP(=O)(OCC)OCC)c1)-c1cc(C)ccc1C(C)(C)O2. The molecule has 3 rings (SSSR count). The van der Waals surface area contributed by atoms with Gasteiger partial charge < -0.3 is 9.26 Å². The van der Waals surface area contributed by atoms with Crippen molar-refractivity contribution in [3.05, 3.63) is 47.0 Å². The fourth-order valence-electron chi connectivity index (χ4n) is 4.78. The van der Waals surface area contributed by atoms with Crippen molar-refractivity contribution >= 4 is 7.82 Å². The third-order valence-corrected chi connectivity index (χ3v) is 8.31. The number of hydrogen-bond acceptors (Lipinski definition) is 5. The molecule has 0 spiro atoms. The van der Waals surface area contributed by atoms with Crippen molar-refractivity contribution in [2.45, 2.75) is 98.5 Å². The smallest absolute Gasteiger partial charge is 0.482 e. The Morgan fingerprint density at radius 3 is 2.29 bits per heavy atom. The van der Waals surface area contributed by atoms with E-state index >= 15 is 0 Å². The lowest BCUT2D eigenvalue weighted by molar-refractivity contribution is 0.105. The number of fused-ring (bicyclic) bond motifs is 3. The molecule has 35 heavy (non-hydrogen) atoms. The maximum atomic E-state index is 13.5. The predicted molar refractivity (Wildman–Crippen MR) is 144 cm³/mol. The second-order valence-electron chi connectivity index (χ2n) is 10.6. The molecule has 0 amide bonds. The molecule has 0 bridgehead atoms. The van der Waals surface area contributed by atoms with Gasteiger partial charge in [0.2, 0.25) is 0 Å². The van der Waals surface area contributed by atoms with Crippen LogP contribution in [-0.4, -0.2) is 13.2 Å². The third-order valence-electron chi connectivity index (χ3n) is 6.75. The van der Waals surface area contributed by atoms with Gasteiger partial charge in [-0.2, -0.15) is 0 Å². The quantitative estimate of drug-likeness (QED) is 0.214. The monoisotopic (exact) mass is 502 g/mol. The lowest BCUT2D eigenvalue weighted by Crippen LogP contribution is -2.30. The summed E-state index contributed by atoms with van der Waals surface area (Å²) in [6, 6.07) is 10.5. The molecular weight excluding hydrogens is 459 g/mol. The number of ether oxygens (including phenoxy) is 1. The van der Waals surface area contributed by atoms with E-state index in [1.807, 2.05) is 6.07 Å². The van der Waals surface area contributed by atoms with Crippen molar-refractivity contribution in [2.24, 2.45) is 0 Å². The maximum Gasteiger partial charge on any atom is 0.530 e.